The van der Waals surface area contributed by atoms with E-state index in [-0.39, 0.29) is 14.2 Å². The van der Waals surface area contributed by atoms with Crippen LogP contribution in [-0.2, 0) is 10.0 Å². The predicted octanol–water partition coefficient (Wildman–Crippen LogP) is 1.47. The van der Waals surface area contributed by atoms with Crippen LogP contribution in [0.1, 0.15) is 0 Å². The minimum Gasteiger partial charge on any atom is -0.302 e. The Kier molecular flexibility index (Phi) is 2.98. The summed E-state index contributed by atoms with van der Waals surface area (Å²) in [4.78, 5) is 11.2. The summed E-state index contributed by atoms with van der Waals surface area (Å²) in [6.07, 6.45) is 0. The first-order chi connectivity index (χ1) is 6.01. The van der Waals surface area contributed by atoms with Gasteiger partial charge in [-0.1, -0.05) is 16.5 Å². The third kappa shape index (κ3) is 2.03. The third-order valence-electron chi connectivity index (χ3n) is 1.13. The highest BCUT2D eigenvalue weighted by molar-refractivity contribution is 7.91. The van der Waals surface area contributed by atoms with Crippen molar-refractivity contribution in [1.82, 2.24) is 4.89 Å². The summed E-state index contributed by atoms with van der Waals surface area (Å²) in [6, 6.07) is 0.971. The number of halogens is 1. The SMILES string of the molecule is O=Nc1cc(S(=O)(=O)NO)sc1Cl. The molecule has 0 saturated heterocycles. The Morgan fingerprint density at radius 1 is 1.62 bits per heavy atom. The lowest BCUT2D eigenvalue weighted by atomic mass is 10.6. The van der Waals surface area contributed by atoms with Gasteiger partial charge in [-0.2, -0.15) is 0 Å². The molecular weight excluding hydrogens is 240 g/mol. The van der Waals surface area contributed by atoms with E-state index in [2.05, 4.69) is 5.18 Å². The van der Waals surface area contributed by atoms with E-state index in [1.165, 1.54) is 0 Å². The molecule has 0 radical (unpaired) electrons. The molecule has 0 unspecified atom stereocenters. The number of nitroso groups, excluding NO2 is 1. The zero-order chi connectivity index (χ0) is 10.1. The van der Waals surface area contributed by atoms with Crippen LogP contribution in [-0.4, -0.2) is 13.6 Å². The number of thiophene rings is 1. The number of hydrogen-bond acceptors (Lipinski definition) is 6. The van der Waals surface area contributed by atoms with Crippen LogP contribution in [0.4, 0.5) is 5.69 Å². The summed E-state index contributed by atoms with van der Waals surface area (Å²) in [5.41, 5.74) is -0.166. The fourth-order valence-corrected chi connectivity index (χ4v) is 2.76. The van der Waals surface area contributed by atoms with Crippen LogP contribution in [0.3, 0.4) is 0 Å². The Morgan fingerprint density at radius 2 is 2.23 bits per heavy atom. The molecule has 0 aliphatic heterocycles. The molecule has 1 heterocycles. The minimum absolute atomic E-state index is 0.0381. The van der Waals surface area contributed by atoms with E-state index in [0.29, 0.717) is 11.3 Å². The van der Waals surface area contributed by atoms with Crippen molar-refractivity contribution in [3.05, 3.63) is 15.3 Å². The Hall–Kier alpha value is -0.540. The molecule has 13 heavy (non-hydrogen) atoms. The summed E-state index contributed by atoms with van der Waals surface area (Å²) in [5.74, 6) is 0. The minimum atomic E-state index is -3.97. The van der Waals surface area contributed by atoms with Gasteiger partial charge < -0.3 is 5.21 Å². The molecule has 0 bridgehead atoms. The van der Waals surface area contributed by atoms with Gasteiger partial charge in [-0.15, -0.1) is 16.2 Å². The molecule has 9 heteroatoms. The molecule has 1 rings (SSSR count). The second-order valence-electron chi connectivity index (χ2n) is 1.91. The first-order valence-electron chi connectivity index (χ1n) is 2.80. The van der Waals surface area contributed by atoms with Crippen LogP contribution in [0.2, 0.25) is 4.34 Å². The smallest absolute Gasteiger partial charge is 0.271 e. The van der Waals surface area contributed by atoms with Gasteiger partial charge >= 0.3 is 0 Å². The highest BCUT2D eigenvalue weighted by atomic mass is 35.5. The van der Waals surface area contributed by atoms with Crippen LogP contribution < -0.4 is 4.89 Å². The van der Waals surface area contributed by atoms with Crippen molar-refractivity contribution in [2.75, 3.05) is 0 Å². The Labute approximate surface area is 82.1 Å². The van der Waals surface area contributed by atoms with Crippen molar-refractivity contribution in [2.24, 2.45) is 5.18 Å². The molecule has 6 nitrogen and oxygen atoms in total. The summed E-state index contributed by atoms with van der Waals surface area (Å²) >= 11 is 6.09. The van der Waals surface area contributed by atoms with Gasteiger partial charge in [-0.3, -0.25) is 0 Å². The molecule has 0 saturated carbocycles. The molecule has 0 spiro atoms. The quantitative estimate of drug-likeness (QED) is 0.620. The highest BCUT2D eigenvalue weighted by Gasteiger charge is 2.19. The summed E-state index contributed by atoms with van der Waals surface area (Å²) in [6.45, 7) is 0. The monoisotopic (exact) mass is 242 g/mol. The molecule has 0 aliphatic rings. The second kappa shape index (κ2) is 3.68. The number of nitrogens with one attached hydrogen (secondary N) is 1. The van der Waals surface area contributed by atoms with E-state index in [9.17, 15) is 13.3 Å². The normalized spacial score (nSPS) is 11.5. The Bertz CT molecular complexity index is 425. The van der Waals surface area contributed by atoms with Crippen molar-refractivity contribution in [1.29, 1.82) is 0 Å². The molecule has 72 valence electrons. The molecule has 2 N–H and O–H groups in total. The fraction of sp³-hybridized carbons (Fsp3) is 0. The van der Waals surface area contributed by atoms with Gasteiger partial charge in [0.2, 0.25) is 0 Å². The maximum atomic E-state index is 10.9. The predicted molar refractivity (Wildman–Crippen MR) is 46.9 cm³/mol. The lowest BCUT2D eigenvalue weighted by Gasteiger charge is -1.93. The molecule has 0 amide bonds. The van der Waals surface area contributed by atoms with Crippen LogP contribution in [0.25, 0.3) is 0 Å². The largest absolute Gasteiger partial charge is 0.302 e. The summed E-state index contributed by atoms with van der Waals surface area (Å²) in [7, 11) is -3.97. The molecule has 0 fully saturated rings. The first kappa shape index (κ1) is 10.5. The molecule has 0 aliphatic carbocycles. The topological polar surface area (TPSA) is 95.8 Å². The number of rotatable bonds is 3. The standard InChI is InChI=1S/C4H3ClN2O4S2/c5-4-2(6-8)1-3(12-4)13(10,11)7-9/h1,7,9H. The highest BCUT2D eigenvalue weighted by Crippen LogP contribution is 2.36. The van der Waals surface area contributed by atoms with E-state index >= 15 is 0 Å². The lowest BCUT2D eigenvalue weighted by molar-refractivity contribution is 0.243. The molecule has 0 atom stereocenters. The number of hydrogen-bond donors (Lipinski definition) is 2. The number of sulfonamides is 1. The van der Waals surface area contributed by atoms with E-state index in [1.54, 1.807) is 0 Å². The van der Waals surface area contributed by atoms with Crippen molar-refractivity contribution >= 4 is 38.6 Å². The first-order valence-corrected chi connectivity index (χ1v) is 5.47. The number of nitrogens with zero attached hydrogens (tertiary/aromatic N) is 1. The van der Waals surface area contributed by atoms with Crippen molar-refractivity contribution in [3.8, 4) is 0 Å². The van der Waals surface area contributed by atoms with Crippen LogP contribution in [0, 0.1) is 4.91 Å². The van der Waals surface area contributed by atoms with Crippen LogP contribution >= 0.6 is 22.9 Å². The van der Waals surface area contributed by atoms with Gasteiger partial charge in [0.15, 0.2) is 0 Å². The van der Waals surface area contributed by atoms with E-state index in [1.807, 2.05) is 0 Å². The van der Waals surface area contributed by atoms with Crippen LogP contribution in [0.5, 0.6) is 0 Å². The Balaban J connectivity index is 3.26. The lowest BCUT2D eigenvalue weighted by Crippen LogP contribution is -2.17. The van der Waals surface area contributed by atoms with Gasteiger partial charge in [-0.25, -0.2) is 8.42 Å². The van der Waals surface area contributed by atoms with Crippen molar-refractivity contribution in [2.45, 2.75) is 4.21 Å². The van der Waals surface area contributed by atoms with Crippen LogP contribution in [0.15, 0.2) is 15.5 Å². The Morgan fingerprint density at radius 3 is 2.62 bits per heavy atom. The molecule has 0 aromatic carbocycles. The maximum absolute atomic E-state index is 10.9. The zero-order valence-corrected chi connectivity index (χ0v) is 8.28. The molecule has 1 aromatic heterocycles. The van der Waals surface area contributed by atoms with Crippen molar-refractivity contribution < 1.29 is 13.6 Å². The van der Waals surface area contributed by atoms with E-state index < -0.39 is 10.0 Å². The van der Waals surface area contributed by atoms with Gasteiger partial charge in [-0.05, 0) is 5.18 Å². The fourth-order valence-electron chi connectivity index (χ4n) is 0.578. The molecule has 1 aromatic rings. The zero-order valence-electron chi connectivity index (χ0n) is 5.89. The second-order valence-corrected chi connectivity index (χ2v) is 5.45. The van der Waals surface area contributed by atoms with Gasteiger partial charge in [0.25, 0.3) is 10.0 Å². The maximum Gasteiger partial charge on any atom is 0.271 e. The third-order valence-corrected chi connectivity index (χ3v) is 4.06. The average Bonchev–Trinajstić information content (AvgIpc) is 2.47. The average molecular weight is 243 g/mol. The summed E-state index contributed by atoms with van der Waals surface area (Å²) in [5, 5.41) is 10.7. The van der Waals surface area contributed by atoms with Crippen molar-refractivity contribution in [3.63, 3.8) is 0 Å². The van der Waals surface area contributed by atoms with E-state index in [4.69, 9.17) is 16.8 Å². The van der Waals surface area contributed by atoms with Gasteiger partial charge in [0, 0.05) is 6.07 Å². The van der Waals surface area contributed by atoms with Gasteiger partial charge in [0.1, 0.15) is 14.2 Å². The molecular formula is C4H3ClN2O4S2. The van der Waals surface area contributed by atoms with Gasteiger partial charge in [0.05, 0.1) is 0 Å². The van der Waals surface area contributed by atoms with E-state index in [0.717, 1.165) is 11.0 Å². The summed E-state index contributed by atoms with van der Waals surface area (Å²) < 4.78 is 21.6.